The third-order valence-electron chi connectivity index (χ3n) is 4.77. The van der Waals surface area contributed by atoms with Crippen LogP contribution in [0.3, 0.4) is 0 Å². The zero-order valence-corrected chi connectivity index (χ0v) is 17.8. The Morgan fingerprint density at radius 2 is 1.65 bits per heavy atom. The first-order valence-electron chi connectivity index (χ1n) is 9.98. The number of hydrogen-bond acceptors (Lipinski definition) is 6. The fourth-order valence-electron chi connectivity index (χ4n) is 3.03. The highest BCUT2D eigenvalue weighted by molar-refractivity contribution is 5.94. The molecule has 0 spiro atoms. The van der Waals surface area contributed by atoms with Gasteiger partial charge in [0.2, 0.25) is 0 Å². The summed E-state index contributed by atoms with van der Waals surface area (Å²) < 4.78 is 45.3. The fourth-order valence-corrected chi connectivity index (χ4v) is 3.03. The molecule has 0 saturated carbocycles. The predicted molar refractivity (Wildman–Crippen MR) is 112 cm³/mol. The zero-order chi connectivity index (χ0) is 25.3. The van der Waals surface area contributed by atoms with E-state index >= 15 is 0 Å². The molecule has 0 aliphatic carbocycles. The number of benzene rings is 1. The summed E-state index contributed by atoms with van der Waals surface area (Å²) in [7, 11) is 0. The number of piperazine rings is 1. The number of halogens is 4. The van der Waals surface area contributed by atoms with Gasteiger partial charge in [0.15, 0.2) is 0 Å². The Hall–Kier alpha value is -3.74. The van der Waals surface area contributed by atoms with Gasteiger partial charge in [-0.1, -0.05) is 12.1 Å². The van der Waals surface area contributed by atoms with E-state index in [1.54, 1.807) is 24.3 Å². The predicted octanol–water partition coefficient (Wildman–Crippen LogP) is 2.10. The number of aliphatic carboxylic acids is 1. The van der Waals surface area contributed by atoms with Gasteiger partial charge in [-0.25, -0.2) is 19.0 Å². The van der Waals surface area contributed by atoms with Crippen LogP contribution in [0.2, 0.25) is 0 Å². The first-order valence-corrected chi connectivity index (χ1v) is 9.98. The third-order valence-corrected chi connectivity index (χ3v) is 4.77. The number of anilines is 1. The maximum absolute atomic E-state index is 13.6. The summed E-state index contributed by atoms with van der Waals surface area (Å²) in [5.74, 6) is -4.74. The summed E-state index contributed by atoms with van der Waals surface area (Å²) in [6, 6.07) is 9.29. The Morgan fingerprint density at radius 3 is 2.21 bits per heavy atom. The van der Waals surface area contributed by atoms with Gasteiger partial charge in [0.05, 0.1) is 5.56 Å². The topological polar surface area (TPSA) is 123 Å². The third kappa shape index (κ3) is 7.99. The van der Waals surface area contributed by atoms with Crippen molar-refractivity contribution >= 4 is 23.5 Å². The van der Waals surface area contributed by atoms with E-state index in [4.69, 9.17) is 15.0 Å². The van der Waals surface area contributed by atoms with Crippen LogP contribution in [-0.2, 0) is 4.79 Å². The molecular weight excluding hydrogens is 464 g/mol. The summed E-state index contributed by atoms with van der Waals surface area (Å²) in [6.45, 7) is 4.20. The number of nitrogens with one attached hydrogen (secondary N) is 1. The Labute approximate surface area is 191 Å². The number of carboxylic acids is 2. The molecule has 2 heterocycles. The Morgan fingerprint density at radius 1 is 1.03 bits per heavy atom. The van der Waals surface area contributed by atoms with Crippen molar-refractivity contribution in [1.29, 1.82) is 0 Å². The summed E-state index contributed by atoms with van der Waals surface area (Å²) in [4.78, 5) is 40.1. The van der Waals surface area contributed by atoms with E-state index in [0.29, 0.717) is 13.1 Å². The van der Waals surface area contributed by atoms with Gasteiger partial charge in [-0.15, -0.1) is 0 Å². The van der Waals surface area contributed by atoms with Crippen molar-refractivity contribution in [2.45, 2.75) is 6.18 Å². The highest BCUT2D eigenvalue weighted by atomic mass is 19.4. The van der Waals surface area contributed by atoms with Crippen LogP contribution in [0.25, 0.3) is 0 Å². The standard InChI is InChI=1S/C19H21FN4O3.C2HF3O2/c20-16-4-2-1-3-15(16)18(25)22-7-8-23-9-11-24(12-10-23)14-5-6-21-17(13-14)19(26)27;3-2(4,5)1(6)7/h1-6,13H,7-12H2,(H,22,25)(H,26,27);(H,6,7). The fraction of sp³-hybridized carbons (Fsp3) is 0.333. The van der Waals surface area contributed by atoms with Crippen molar-refractivity contribution in [2.75, 3.05) is 44.2 Å². The number of aromatic nitrogens is 1. The SMILES string of the molecule is O=C(O)C(F)(F)F.O=C(O)c1cc(N2CCN(CCNC(=O)c3ccccc3F)CC2)ccn1. The average molecular weight is 486 g/mol. The molecule has 0 radical (unpaired) electrons. The smallest absolute Gasteiger partial charge is 0.477 e. The van der Waals surface area contributed by atoms with Gasteiger partial charge >= 0.3 is 18.1 Å². The molecule has 1 amide bonds. The van der Waals surface area contributed by atoms with Gasteiger partial charge in [-0.2, -0.15) is 13.2 Å². The number of carbonyl (C=O) groups excluding carboxylic acids is 1. The number of aromatic carboxylic acids is 1. The maximum Gasteiger partial charge on any atom is 0.490 e. The molecule has 1 saturated heterocycles. The van der Waals surface area contributed by atoms with E-state index in [-0.39, 0.29) is 11.3 Å². The van der Waals surface area contributed by atoms with Crippen LogP contribution < -0.4 is 10.2 Å². The molecule has 1 aromatic heterocycles. The summed E-state index contributed by atoms with van der Waals surface area (Å²) >= 11 is 0. The van der Waals surface area contributed by atoms with Crippen molar-refractivity contribution in [3.05, 3.63) is 59.7 Å². The lowest BCUT2D eigenvalue weighted by atomic mass is 10.2. The molecule has 1 aliphatic rings. The molecule has 1 aliphatic heterocycles. The highest BCUT2D eigenvalue weighted by Crippen LogP contribution is 2.17. The van der Waals surface area contributed by atoms with Gasteiger partial charge in [0, 0.05) is 51.2 Å². The molecule has 1 fully saturated rings. The molecule has 13 heteroatoms. The van der Waals surface area contributed by atoms with Crippen LogP contribution in [0.15, 0.2) is 42.6 Å². The molecule has 0 unspecified atom stereocenters. The van der Waals surface area contributed by atoms with Gasteiger partial charge in [0.25, 0.3) is 5.91 Å². The lowest BCUT2D eigenvalue weighted by molar-refractivity contribution is -0.192. The number of carboxylic acid groups (broad SMARTS) is 2. The quantitative estimate of drug-likeness (QED) is 0.531. The van der Waals surface area contributed by atoms with E-state index in [0.717, 1.165) is 31.9 Å². The number of alkyl halides is 3. The van der Waals surface area contributed by atoms with Crippen LogP contribution >= 0.6 is 0 Å². The van der Waals surface area contributed by atoms with Crippen LogP contribution in [0.4, 0.5) is 23.2 Å². The number of rotatable bonds is 6. The van der Waals surface area contributed by atoms with Gasteiger partial charge in [0.1, 0.15) is 11.5 Å². The Bertz CT molecular complexity index is 1010. The second kappa shape index (κ2) is 11.9. The molecule has 3 N–H and O–H groups in total. The van der Waals surface area contributed by atoms with Crippen molar-refractivity contribution in [2.24, 2.45) is 0 Å². The second-order valence-corrected chi connectivity index (χ2v) is 7.07. The van der Waals surface area contributed by atoms with Crippen LogP contribution in [0.1, 0.15) is 20.8 Å². The van der Waals surface area contributed by atoms with E-state index in [1.807, 2.05) is 0 Å². The minimum atomic E-state index is -5.08. The second-order valence-electron chi connectivity index (χ2n) is 7.07. The number of amides is 1. The van der Waals surface area contributed by atoms with Crippen LogP contribution in [-0.4, -0.2) is 83.4 Å². The largest absolute Gasteiger partial charge is 0.490 e. The lowest BCUT2D eigenvalue weighted by Gasteiger charge is -2.36. The van der Waals surface area contributed by atoms with Crippen molar-refractivity contribution in [1.82, 2.24) is 15.2 Å². The van der Waals surface area contributed by atoms with Crippen LogP contribution in [0.5, 0.6) is 0 Å². The zero-order valence-electron chi connectivity index (χ0n) is 17.8. The number of carbonyl (C=O) groups is 3. The molecule has 9 nitrogen and oxygen atoms in total. The van der Waals surface area contributed by atoms with Gasteiger partial charge in [-0.05, 0) is 24.3 Å². The first-order chi connectivity index (χ1) is 16.0. The van der Waals surface area contributed by atoms with Crippen molar-refractivity contribution < 1.29 is 42.2 Å². The summed E-state index contributed by atoms with van der Waals surface area (Å²) in [6.07, 6.45) is -3.58. The number of nitrogens with zero attached hydrogens (tertiary/aromatic N) is 3. The van der Waals surface area contributed by atoms with E-state index in [1.165, 1.54) is 18.3 Å². The monoisotopic (exact) mass is 486 g/mol. The number of hydrogen-bond donors (Lipinski definition) is 3. The van der Waals surface area contributed by atoms with E-state index < -0.39 is 29.8 Å². The van der Waals surface area contributed by atoms with Gasteiger partial charge in [-0.3, -0.25) is 9.69 Å². The van der Waals surface area contributed by atoms with Crippen molar-refractivity contribution in [3.63, 3.8) is 0 Å². The minimum Gasteiger partial charge on any atom is -0.477 e. The molecule has 34 heavy (non-hydrogen) atoms. The van der Waals surface area contributed by atoms with Gasteiger partial charge < -0.3 is 20.4 Å². The summed E-state index contributed by atoms with van der Waals surface area (Å²) in [5, 5.41) is 18.9. The Balaban J connectivity index is 0.000000509. The molecule has 2 aromatic rings. The van der Waals surface area contributed by atoms with E-state index in [2.05, 4.69) is 20.1 Å². The van der Waals surface area contributed by atoms with E-state index in [9.17, 15) is 27.2 Å². The highest BCUT2D eigenvalue weighted by Gasteiger charge is 2.38. The van der Waals surface area contributed by atoms with Crippen molar-refractivity contribution in [3.8, 4) is 0 Å². The maximum atomic E-state index is 13.6. The van der Waals surface area contributed by atoms with Crippen LogP contribution in [0, 0.1) is 5.82 Å². The minimum absolute atomic E-state index is 0.0331. The molecular formula is C21H22F4N4O5. The molecule has 1 aromatic carbocycles. The first kappa shape index (κ1) is 26.5. The average Bonchev–Trinajstić information content (AvgIpc) is 2.79. The normalized spacial score (nSPS) is 14.1. The molecule has 0 atom stereocenters. The lowest BCUT2D eigenvalue weighted by Crippen LogP contribution is -2.48. The number of pyridine rings is 1. The molecule has 3 rings (SSSR count). The molecule has 0 bridgehead atoms. The summed E-state index contributed by atoms with van der Waals surface area (Å²) in [5.41, 5.74) is 0.926. The molecule has 184 valence electrons. The Kier molecular flexibility index (Phi) is 9.30.